The van der Waals surface area contributed by atoms with Gasteiger partial charge in [-0.3, -0.25) is 0 Å². The van der Waals surface area contributed by atoms with E-state index in [0.29, 0.717) is 0 Å². The molecule has 0 radical (unpaired) electrons. The summed E-state index contributed by atoms with van der Waals surface area (Å²) in [5.41, 5.74) is 3.55. The predicted octanol–water partition coefficient (Wildman–Crippen LogP) is 3.88. The zero-order chi connectivity index (χ0) is 15.6. The van der Waals surface area contributed by atoms with E-state index in [1.165, 1.54) is 11.1 Å². The molecule has 0 aliphatic heterocycles. The first-order valence-electron chi connectivity index (χ1n) is 7.19. The summed E-state index contributed by atoms with van der Waals surface area (Å²) in [6.45, 7) is 9.41. The second-order valence-electron chi connectivity index (χ2n) is 6.46. The molecule has 0 amide bonds. The highest BCUT2D eigenvalue weighted by molar-refractivity contribution is 7.15. The van der Waals surface area contributed by atoms with Crippen LogP contribution in [0.25, 0.3) is 0 Å². The zero-order valence-corrected chi connectivity index (χ0v) is 14.3. The highest BCUT2D eigenvalue weighted by atomic mass is 32.1. The van der Waals surface area contributed by atoms with Crippen molar-refractivity contribution in [1.82, 2.24) is 4.98 Å². The first-order chi connectivity index (χ1) is 9.82. The Balaban J connectivity index is 2.26. The Morgan fingerprint density at radius 3 is 2.43 bits per heavy atom. The van der Waals surface area contributed by atoms with Gasteiger partial charge in [-0.1, -0.05) is 56.4 Å². The average molecular weight is 304 g/mol. The van der Waals surface area contributed by atoms with E-state index in [2.05, 4.69) is 63.9 Å². The molecule has 1 N–H and O–H groups in total. The van der Waals surface area contributed by atoms with Gasteiger partial charge in [-0.05, 0) is 18.1 Å². The largest absolute Gasteiger partial charge is 0.391 e. The summed E-state index contributed by atoms with van der Waals surface area (Å²) in [4.78, 5) is 7.88. The van der Waals surface area contributed by atoms with Crippen LogP contribution in [0.15, 0.2) is 24.3 Å². The van der Waals surface area contributed by atoms with Crippen molar-refractivity contribution < 1.29 is 5.11 Å². The molecule has 114 valence electrons. The maximum absolute atomic E-state index is 9.56. The van der Waals surface area contributed by atoms with E-state index in [9.17, 15) is 5.11 Å². The van der Waals surface area contributed by atoms with Crippen molar-refractivity contribution in [1.29, 1.82) is 0 Å². The summed E-state index contributed by atoms with van der Waals surface area (Å²) >= 11 is 1.58. The molecular weight excluding hydrogens is 280 g/mol. The van der Waals surface area contributed by atoms with Crippen molar-refractivity contribution in [3.8, 4) is 0 Å². The Morgan fingerprint density at radius 2 is 1.90 bits per heavy atom. The molecular formula is C17H24N2OS. The quantitative estimate of drug-likeness (QED) is 0.931. The Labute approximate surface area is 131 Å². The van der Waals surface area contributed by atoms with Crippen LogP contribution in [0.3, 0.4) is 0 Å². The zero-order valence-electron chi connectivity index (χ0n) is 13.5. The highest BCUT2D eigenvalue weighted by Gasteiger charge is 2.24. The maximum atomic E-state index is 9.56. The molecule has 0 saturated heterocycles. The second-order valence-corrected chi connectivity index (χ2v) is 7.52. The van der Waals surface area contributed by atoms with Gasteiger partial charge in [0.2, 0.25) is 0 Å². The van der Waals surface area contributed by atoms with Crippen molar-refractivity contribution in [2.45, 2.75) is 46.3 Å². The maximum Gasteiger partial charge on any atom is 0.185 e. The van der Waals surface area contributed by atoms with Crippen molar-refractivity contribution >= 4 is 16.5 Å². The van der Waals surface area contributed by atoms with Gasteiger partial charge in [0, 0.05) is 19.0 Å². The fourth-order valence-electron chi connectivity index (χ4n) is 2.31. The van der Waals surface area contributed by atoms with Crippen LogP contribution in [0.4, 0.5) is 5.13 Å². The molecule has 2 aromatic rings. The number of rotatable bonds is 4. The monoisotopic (exact) mass is 304 g/mol. The van der Waals surface area contributed by atoms with Gasteiger partial charge in [0.25, 0.3) is 0 Å². The van der Waals surface area contributed by atoms with Gasteiger partial charge in [-0.25, -0.2) is 4.98 Å². The summed E-state index contributed by atoms with van der Waals surface area (Å²) < 4.78 is 0. The molecule has 0 saturated carbocycles. The topological polar surface area (TPSA) is 36.4 Å². The van der Waals surface area contributed by atoms with Gasteiger partial charge >= 0.3 is 0 Å². The van der Waals surface area contributed by atoms with Crippen molar-refractivity contribution in [3.63, 3.8) is 0 Å². The first kappa shape index (κ1) is 16.0. The van der Waals surface area contributed by atoms with E-state index in [0.717, 1.165) is 22.2 Å². The number of hydrogen-bond donors (Lipinski definition) is 1. The minimum Gasteiger partial charge on any atom is -0.391 e. The van der Waals surface area contributed by atoms with E-state index in [-0.39, 0.29) is 12.0 Å². The second kappa shape index (κ2) is 6.16. The molecule has 1 aromatic carbocycles. The van der Waals surface area contributed by atoms with Crippen LogP contribution in [0.5, 0.6) is 0 Å². The highest BCUT2D eigenvalue weighted by Crippen LogP contribution is 2.34. The van der Waals surface area contributed by atoms with E-state index in [1.54, 1.807) is 11.3 Å². The Bertz CT molecular complexity index is 613. The van der Waals surface area contributed by atoms with Crippen LogP contribution < -0.4 is 4.90 Å². The van der Waals surface area contributed by atoms with Gasteiger partial charge in [0.1, 0.15) is 0 Å². The summed E-state index contributed by atoms with van der Waals surface area (Å²) in [5.74, 6) is 0. The van der Waals surface area contributed by atoms with Crippen LogP contribution in [-0.2, 0) is 18.6 Å². The molecule has 0 spiro atoms. The van der Waals surface area contributed by atoms with E-state index in [1.807, 2.05) is 0 Å². The van der Waals surface area contributed by atoms with Crippen LogP contribution in [0.1, 0.15) is 42.5 Å². The Hall–Kier alpha value is -1.39. The van der Waals surface area contributed by atoms with Crippen LogP contribution >= 0.6 is 11.3 Å². The number of aliphatic hydroxyl groups is 1. The molecule has 0 bridgehead atoms. The fraction of sp³-hybridized carbons (Fsp3) is 0.471. The fourth-order valence-corrected chi connectivity index (χ4v) is 3.40. The molecule has 2 rings (SSSR count). The van der Waals surface area contributed by atoms with Crippen molar-refractivity contribution in [2.24, 2.45) is 0 Å². The van der Waals surface area contributed by atoms with E-state index in [4.69, 9.17) is 4.98 Å². The Morgan fingerprint density at radius 1 is 1.24 bits per heavy atom. The van der Waals surface area contributed by atoms with Gasteiger partial charge in [0.15, 0.2) is 5.13 Å². The molecule has 3 nitrogen and oxygen atoms in total. The third-order valence-electron chi connectivity index (χ3n) is 3.54. The third kappa shape index (κ3) is 3.63. The van der Waals surface area contributed by atoms with Crippen LogP contribution in [0, 0.1) is 6.92 Å². The lowest BCUT2D eigenvalue weighted by molar-refractivity contribution is 0.282. The standard InChI is InChI=1S/C17H24N2OS/c1-12-8-6-7-9-13(12)10-19(5)16-18-15(17(2,3)4)14(11-20)21-16/h6-9,20H,10-11H2,1-5H3. The van der Waals surface area contributed by atoms with Gasteiger partial charge in [0.05, 0.1) is 17.2 Å². The SMILES string of the molecule is Cc1ccccc1CN(C)c1nc(C(C)(C)C)c(CO)s1. The summed E-state index contributed by atoms with van der Waals surface area (Å²) in [6.07, 6.45) is 0. The van der Waals surface area contributed by atoms with Gasteiger partial charge in [-0.15, -0.1) is 0 Å². The third-order valence-corrected chi connectivity index (χ3v) is 4.69. The molecule has 1 heterocycles. The Kier molecular flexibility index (Phi) is 4.69. The van der Waals surface area contributed by atoms with Crippen LogP contribution in [-0.4, -0.2) is 17.1 Å². The van der Waals surface area contributed by atoms with Crippen molar-refractivity contribution in [2.75, 3.05) is 11.9 Å². The van der Waals surface area contributed by atoms with E-state index < -0.39 is 0 Å². The first-order valence-corrected chi connectivity index (χ1v) is 8.01. The molecule has 0 aliphatic carbocycles. The number of nitrogens with zero attached hydrogens (tertiary/aromatic N) is 2. The number of benzene rings is 1. The molecule has 21 heavy (non-hydrogen) atoms. The van der Waals surface area contributed by atoms with Gasteiger partial charge in [-0.2, -0.15) is 0 Å². The van der Waals surface area contributed by atoms with E-state index >= 15 is 0 Å². The summed E-state index contributed by atoms with van der Waals surface area (Å²) in [7, 11) is 2.05. The molecule has 1 aromatic heterocycles. The molecule has 4 heteroatoms. The lowest BCUT2D eigenvalue weighted by Gasteiger charge is -2.18. The molecule has 0 aliphatic rings. The number of aliphatic hydroxyl groups excluding tert-OH is 1. The normalized spacial score (nSPS) is 11.7. The lowest BCUT2D eigenvalue weighted by Crippen LogP contribution is -2.18. The summed E-state index contributed by atoms with van der Waals surface area (Å²) in [5, 5.41) is 10.5. The van der Waals surface area contributed by atoms with Crippen molar-refractivity contribution in [3.05, 3.63) is 46.0 Å². The van der Waals surface area contributed by atoms with Crippen LogP contribution in [0.2, 0.25) is 0 Å². The number of anilines is 1. The molecule has 0 fully saturated rings. The number of aromatic nitrogens is 1. The minimum absolute atomic E-state index is 0.0453. The molecule has 0 atom stereocenters. The molecule has 0 unspecified atom stereocenters. The smallest absolute Gasteiger partial charge is 0.185 e. The summed E-state index contributed by atoms with van der Waals surface area (Å²) in [6, 6.07) is 8.41. The number of hydrogen-bond acceptors (Lipinski definition) is 4. The predicted molar refractivity (Wildman–Crippen MR) is 90.0 cm³/mol. The average Bonchev–Trinajstić information content (AvgIpc) is 2.85. The van der Waals surface area contributed by atoms with Gasteiger partial charge < -0.3 is 10.0 Å². The number of aryl methyl sites for hydroxylation is 1. The number of thiazole rings is 1. The lowest BCUT2D eigenvalue weighted by atomic mass is 9.91. The minimum atomic E-state index is -0.0453.